The van der Waals surface area contributed by atoms with Gasteiger partial charge in [0.25, 0.3) is 0 Å². The van der Waals surface area contributed by atoms with Crippen LogP contribution in [0.5, 0.6) is 0 Å². The number of allylic oxidation sites excluding steroid dienone is 3. The summed E-state index contributed by atoms with van der Waals surface area (Å²) in [5.41, 5.74) is 2.96. The molecule has 0 aromatic heterocycles. The van der Waals surface area contributed by atoms with Crippen LogP contribution in [-0.4, -0.2) is 11.1 Å². The maximum Gasteiger partial charge on any atom is 0.309 e. The first kappa shape index (κ1) is 14.5. The summed E-state index contributed by atoms with van der Waals surface area (Å²) in [6.07, 6.45) is 11.4. The fraction of sp³-hybridized carbons (Fsp3) is 0.750. The van der Waals surface area contributed by atoms with E-state index in [1.54, 1.807) is 5.57 Å². The molecule has 0 amide bonds. The molecule has 0 heterocycles. The molecule has 0 saturated heterocycles. The van der Waals surface area contributed by atoms with Crippen molar-refractivity contribution >= 4 is 5.97 Å². The van der Waals surface area contributed by atoms with Crippen LogP contribution < -0.4 is 0 Å². The van der Waals surface area contributed by atoms with Crippen molar-refractivity contribution < 1.29 is 9.90 Å². The highest BCUT2D eigenvalue weighted by Crippen LogP contribution is 2.70. The monoisotopic (exact) mass is 300 g/mol. The van der Waals surface area contributed by atoms with Crippen LogP contribution in [0.2, 0.25) is 0 Å². The average Bonchev–Trinajstić information content (AvgIpc) is 2.68. The molecule has 4 aliphatic rings. The first-order valence-electron chi connectivity index (χ1n) is 8.94. The molecule has 4 rings (SSSR count). The van der Waals surface area contributed by atoms with Crippen LogP contribution in [0.4, 0.5) is 0 Å². The van der Waals surface area contributed by atoms with Gasteiger partial charge < -0.3 is 5.11 Å². The second kappa shape index (κ2) is 4.27. The van der Waals surface area contributed by atoms with E-state index >= 15 is 0 Å². The van der Waals surface area contributed by atoms with Crippen LogP contribution >= 0.6 is 0 Å². The predicted molar refractivity (Wildman–Crippen MR) is 87.4 cm³/mol. The molecule has 3 saturated carbocycles. The van der Waals surface area contributed by atoms with Crippen molar-refractivity contribution in [3.8, 4) is 0 Å². The summed E-state index contributed by atoms with van der Waals surface area (Å²) in [6.45, 7) is 8.73. The van der Waals surface area contributed by atoms with E-state index in [1.165, 1.54) is 24.8 Å². The molecule has 120 valence electrons. The molecule has 0 aromatic carbocycles. The summed E-state index contributed by atoms with van der Waals surface area (Å²) < 4.78 is 0. The third-order valence-electron chi connectivity index (χ3n) is 7.90. The third kappa shape index (κ3) is 1.59. The Morgan fingerprint density at radius 1 is 1.32 bits per heavy atom. The fourth-order valence-electron chi connectivity index (χ4n) is 6.87. The molecule has 1 unspecified atom stereocenters. The average molecular weight is 300 g/mol. The van der Waals surface area contributed by atoms with Gasteiger partial charge in [-0.3, -0.25) is 4.79 Å². The molecule has 22 heavy (non-hydrogen) atoms. The Labute approximate surface area is 133 Å². The number of hydrogen-bond donors (Lipinski definition) is 1. The van der Waals surface area contributed by atoms with Gasteiger partial charge in [-0.15, -0.1) is 0 Å². The predicted octanol–water partition coefficient (Wildman–Crippen LogP) is 4.96. The lowest BCUT2D eigenvalue weighted by Gasteiger charge is -2.60. The molecule has 4 aliphatic carbocycles. The minimum Gasteiger partial charge on any atom is -0.481 e. The molecule has 2 bridgehead atoms. The molecule has 0 radical (unpaired) electrons. The maximum absolute atomic E-state index is 12.0. The van der Waals surface area contributed by atoms with E-state index in [2.05, 4.69) is 19.6 Å². The van der Waals surface area contributed by atoms with Crippen molar-refractivity contribution in [1.29, 1.82) is 0 Å². The molecular weight excluding hydrogens is 272 g/mol. The van der Waals surface area contributed by atoms with Crippen molar-refractivity contribution in [3.63, 3.8) is 0 Å². The fourth-order valence-corrected chi connectivity index (χ4v) is 6.87. The van der Waals surface area contributed by atoms with E-state index in [9.17, 15) is 9.90 Å². The minimum absolute atomic E-state index is 0.0965. The third-order valence-corrected chi connectivity index (χ3v) is 7.90. The Morgan fingerprint density at radius 3 is 2.82 bits per heavy atom. The van der Waals surface area contributed by atoms with Crippen molar-refractivity contribution in [2.75, 3.05) is 0 Å². The number of rotatable bonds is 1. The van der Waals surface area contributed by atoms with Crippen LogP contribution in [0.3, 0.4) is 0 Å². The summed E-state index contributed by atoms with van der Waals surface area (Å²) in [5, 5.41) is 9.89. The maximum atomic E-state index is 12.0. The number of carboxylic acids is 1. The number of hydrogen-bond acceptors (Lipinski definition) is 1. The molecule has 1 N–H and O–H groups in total. The molecule has 5 atom stereocenters. The molecule has 0 aromatic rings. The highest BCUT2D eigenvalue weighted by molar-refractivity contribution is 5.75. The topological polar surface area (TPSA) is 37.3 Å². The zero-order chi connectivity index (χ0) is 15.8. The quantitative estimate of drug-likeness (QED) is 0.695. The molecule has 3 fully saturated rings. The van der Waals surface area contributed by atoms with Crippen LogP contribution in [0.25, 0.3) is 0 Å². The Hall–Kier alpha value is -1.05. The van der Waals surface area contributed by atoms with E-state index in [0.29, 0.717) is 17.3 Å². The van der Waals surface area contributed by atoms with Gasteiger partial charge in [0.1, 0.15) is 0 Å². The highest BCUT2D eigenvalue weighted by Gasteiger charge is 2.62. The van der Waals surface area contributed by atoms with Gasteiger partial charge in [-0.2, -0.15) is 0 Å². The molecular formula is C20H28O2. The largest absolute Gasteiger partial charge is 0.481 e. The van der Waals surface area contributed by atoms with Gasteiger partial charge in [-0.1, -0.05) is 37.1 Å². The van der Waals surface area contributed by atoms with Gasteiger partial charge in [0.15, 0.2) is 0 Å². The summed E-state index contributed by atoms with van der Waals surface area (Å²) in [6, 6.07) is 0. The SMILES string of the molecule is C=C1C[C@@]23CCC4[C@](C)(C(=O)O)CCC[C@@]4(C)C2=CC[C@@H]1C3. The van der Waals surface area contributed by atoms with Gasteiger partial charge in [-0.25, -0.2) is 0 Å². The van der Waals surface area contributed by atoms with Gasteiger partial charge in [-0.05, 0) is 74.5 Å². The summed E-state index contributed by atoms with van der Waals surface area (Å²) >= 11 is 0. The van der Waals surface area contributed by atoms with Gasteiger partial charge in [0.05, 0.1) is 5.41 Å². The Balaban J connectivity index is 1.80. The zero-order valence-corrected chi connectivity index (χ0v) is 14.0. The zero-order valence-electron chi connectivity index (χ0n) is 14.0. The number of aliphatic carboxylic acids is 1. The molecule has 2 nitrogen and oxygen atoms in total. The van der Waals surface area contributed by atoms with E-state index in [4.69, 9.17) is 0 Å². The smallest absolute Gasteiger partial charge is 0.309 e. The summed E-state index contributed by atoms with van der Waals surface area (Å²) in [7, 11) is 0. The minimum atomic E-state index is -0.579. The summed E-state index contributed by atoms with van der Waals surface area (Å²) in [4.78, 5) is 12.0. The summed E-state index contributed by atoms with van der Waals surface area (Å²) in [5.74, 6) is 0.413. The first-order chi connectivity index (χ1) is 10.3. The van der Waals surface area contributed by atoms with Crippen molar-refractivity contribution in [2.45, 2.75) is 65.2 Å². The van der Waals surface area contributed by atoms with E-state index in [1.807, 2.05) is 6.92 Å². The van der Waals surface area contributed by atoms with Crippen LogP contribution in [0.15, 0.2) is 23.8 Å². The van der Waals surface area contributed by atoms with E-state index in [0.717, 1.165) is 32.1 Å². The van der Waals surface area contributed by atoms with E-state index in [-0.39, 0.29) is 5.41 Å². The standard InChI is InChI=1S/C20H28O2/c1-13-11-20-10-7-15-18(2,16(20)6-5-14(13)12-20)8-4-9-19(15,3)17(21)22/h6,14-15H,1,4-5,7-12H2,2-3H3,(H,21,22)/t14-,15?,18-,19-,20-/m1/s1. The van der Waals surface area contributed by atoms with Gasteiger partial charge in [0.2, 0.25) is 0 Å². The second-order valence-corrected chi connectivity index (χ2v) is 8.95. The van der Waals surface area contributed by atoms with Gasteiger partial charge in [0, 0.05) is 0 Å². The van der Waals surface area contributed by atoms with Crippen LogP contribution in [-0.2, 0) is 4.79 Å². The highest BCUT2D eigenvalue weighted by atomic mass is 16.4. The lowest BCUT2D eigenvalue weighted by Crippen LogP contribution is -2.54. The van der Waals surface area contributed by atoms with E-state index < -0.39 is 11.4 Å². The first-order valence-corrected chi connectivity index (χ1v) is 8.94. The Kier molecular flexibility index (Phi) is 2.82. The Bertz CT molecular complexity index is 589. The van der Waals surface area contributed by atoms with Crippen molar-refractivity contribution in [2.24, 2.45) is 28.1 Å². The second-order valence-electron chi connectivity index (χ2n) is 8.95. The van der Waals surface area contributed by atoms with Crippen LogP contribution in [0, 0.1) is 28.1 Å². The number of carboxylic acid groups (broad SMARTS) is 1. The van der Waals surface area contributed by atoms with Crippen LogP contribution in [0.1, 0.15) is 65.2 Å². The lowest BCUT2D eigenvalue weighted by atomic mass is 9.44. The molecule has 0 aliphatic heterocycles. The number of fused-ring (bicyclic) bond motifs is 3. The normalized spacial score (nSPS) is 50.1. The number of carbonyl (C=O) groups is 1. The lowest BCUT2D eigenvalue weighted by molar-refractivity contribution is -0.161. The Morgan fingerprint density at radius 2 is 2.09 bits per heavy atom. The molecule has 2 heteroatoms. The van der Waals surface area contributed by atoms with Gasteiger partial charge >= 0.3 is 5.97 Å². The van der Waals surface area contributed by atoms with Crippen molar-refractivity contribution in [3.05, 3.63) is 23.8 Å². The molecule has 1 spiro atoms. The van der Waals surface area contributed by atoms with Crippen molar-refractivity contribution in [1.82, 2.24) is 0 Å².